The van der Waals surface area contributed by atoms with E-state index in [1.807, 2.05) is 19.2 Å². The van der Waals surface area contributed by atoms with E-state index in [1.165, 1.54) is 12.8 Å². The minimum atomic E-state index is 0.0736. The summed E-state index contributed by atoms with van der Waals surface area (Å²) in [7, 11) is 0. The lowest BCUT2D eigenvalue weighted by Gasteiger charge is -2.07. The molecule has 76 valence electrons. The summed E-state index contributed by atoms with van der Waals surface area (Å²) in [6.45, 7) is 3.76. The summed E-state index contributed by atoms with van der Waals surface area (Å²) in [6, 6.07) is 3.48. The van der Waals surface area contributed by atoms with Crippen molar-refractivity contribution in [1.29, 1.82) is 0 Å². The van der Waals surface area contributed by atoms with Gasteiger partial charge in [0, 0.05) is 25.4 Å². The Kier molecular flexibility index (Phi) is 2.57. The summed E-state index contributed by atoms with van der Waals surface area (Å²) in [5.41, 5.74) is 1.13. The Labute approximate surface area is 83.8 Å². The van der Waals surface area contributed by atoms with Crippen molar-refractivity contribution < 1.29 is 0 Å². The van der Waals surface area contributed by atoms with Gasteiger partial charge in [-0.15, -0.1) is 0 Å². The van der Waals surface area contributed by atoms with E-state index < -0.39 is 0 Å². The van der Waals surface area contributed by atoms with Gasteiger partial charge in [0.25, 0.3) is 5.56 Å². The number of hydrogen-bond donors (Lipinski definition) is 1. The summed E-state index contributed by atoms with van der Waals surface area (Å²) < 4.78 is 1.72. The zero-order valence-corrected chi connectivity index (χ0v) is 8.49. The van der Waals surface area contributed by atoms with Crippen LogP contribution in [0.3, 0.4) is 0 Å². The van der Waals surface area contributed by atoms with E-state index in [9.17, 15) is 4.79 Å². The summed E-state index contributed by atoms with van der Waals surface area (Å²) in [4.78, 5) is 11.3. The number of nitrogens with zero attached hydrogens (tertiary/aromatic N) is 1. The number of nitrogens with one attached hydrogen (secondary N) is 1. The molecule has 0 bridgehead atoms. The Morgan fingerprint density at radius 3 is 2.93 bits per heavy atom. The van der Waals surface area contributed by atoms with Gasteiger partial charge < -0.3 is 9.88 Å². The summed E-state index contributed by atoms with van der Waals surface area (Å²) in [5, 5.41) is 3.35. The van der Waals surface area contributed by atoms with Gasteiger partial charge in [0.2, 0.25) is 0 Å². The van der Waals surface area contributed by atoms with Gasteiger partial charge in [-0.2, -0.15) is 0 Å². The molecule has 1 aromatic rings. The molecule has 0 aliphatic heterocycles. The third-order valence-corrected chi connectivity index (χ3v) is 2.62. The quantitative estimate of drug-likeness (QED) is 0.787. The lowest BCUT2D eigenvalue weighted by Crippen LogP contribution is -2.18. The van der Waals surface area contributed by atoms with Gasteiger partial charge in [0.05, 0.1) is 5.69 Å². The number of pyridine rings is 1. The number of hydrogen-bond acceptors (Lipinski definition) is 2. The molecule has 14 heavy (non-hydrogen) atoms. The second kappa shape index (κ2) is 3.86. The first-order valence-corrected chi connectivity index (χ1v) is 5.24. The number of aryl methyl sites for hydroxylation is 1. The second-order valence-electron chi connectivity index (χ2n) is 3.87. The van der Waals surface area contributed by atoms with Gasteiger partial charge in [-0.3, -0.25) is 4.79 Å². The smallest absolute Gasteiger partial charge is 0.250 e. The van der Waals surface area contributed by atoms with Crippen LogP contribution in [0.2, 0.25) is 0 Å². The SMILES string of the molecule is CCn1cc(NCC2CC2)ccc1=O. The number of anilines is 1. The average Bonchev–Trinajstić information content (AvgIpc) is 3.00. The van der Waals surface area contributed by atoms with Crippen LogP contribution >= 0.6 is 0 Å². The minimum absolute atomic E-state index is 0.0736. The predicted molar refractivity (Wildman–Crippen MR) is 57.6 cm³/mol. The normalized spacial score (nSPS) is 15.5. The molecular formula is C11H16N2O. The van der Waals surface area contributed by atoms with Crippen molar-refractivity contribution in [2.45, 2.75) is 26.3 Å². The molecule has 1 aliphatic carbocycles. The highest BCUT2D eigenvalue weighted by molar-refractivity contribution is 5.40. The lowest BCUT2D eigenvalue weighted by atomic mass is 10.3. The van der Waals surface area contributed by atoms with E-state index in [4.69, 9.17) is 0 Å². The molecule has 0 aromatic carbocycles. The van der Waals surface area contributed by atoms with Crippen LogP contribution in [0.5, 0.6) is 0 Å². The Morgan fingerprint density at radius 2 is 2.29 bits per heavy atom. The van der Waals surface area contributed by atoms with E-state index in [0.717, 1.165) is 24.7 Å². The molecule has 0 spiro atoms. The van der Waals surface area contributed by atoms with E-state index in [0.29, 0.717) is 0 Å². The zero-order chi connectivity index (χ0) is 9.97. The fraction of sp³-hybridized carbons (Fsp3) is 0.545. The molecule has 3 heteroatoms. The summed E-state index contributed by atoms with van der Waals surface area (Å²) >= 11 is 0. The highest BCUT2D eigenvalue weighted by Crippen LogP contribution is 2.28. The number of aromatic nitrogens is 1. The maximum absolute atomic E-state index is 11.3. The Hall–Kier alpha value is -1.25. The monoisotopic (exact) mass is 192 g/mol. The zero-order valence-electron chi connectivity index (χ0n) is 8.49. The topological polar surface area (TPSA) is 34.0 Å². The highest BCUT2D eigenvalue weighted by atomic mass is 16.1. The molecule has 1 N–H and O–H groups in total. The van der Waals surface area contributed by atoms with Gasteiger partial charge in [0.15, 0.2) is 0 Å². The molecule has 1 heterocycles. The first-order valence-electron chi connectivity index (χ1n) is 5.24. The molecule has 0 unspecified atom stereocenters. The minimum Gasteiger partial charge on any atom is -0.384 e. The van der Waals surface area contributed by atoms with Gasteiger partial charge in [-0.25, -0.2) is 0 Å². The third-order valence-electron chi connectivity index (χ3n) is 2.62. The van der Waals surface area contributed by atoms with Crippen molar-refractivity contribution in [2.75, 3.05) is 11.9 Å². The third kappa shape index (κ3) is 2.16. The fourth-order valence-corrected chi connectivity index (χ4v) is 1.47. The molecule has 1 saturated carbocycles. The maximum Gasteiger partial charge on any atom is 0.250 e. The largest absolute Gasteiger partial charge is 0.384 e. The van der Waals surface area contributed by atoms with Crippen LogP contribution in [0, 0.1) is 5.92 Å². The molecule has 0 radical (unpaired) electrons. The van der Waals surface area contributed by atoms with Crippen LogP contribution in [0.25, 0.3) is 0 Å². The molecule has 1 fully saturated rings. The standard InChI is InChI=1S/C11H16N2O/c1-2-13-8-10(5-6-11(13)14)12-7-9-3-4-9/h5-6,8-9,12H,2-4,7H2,1H3. The fourth-order valence-electron chi connectivity index (χ4n) is 1.47. The molecule has 3 nitrogen and oxygen atoms in total. The second-order valence-corrected chi connectivity index (χ2v) is 3.87. The first kappa shape index (κ1) is 9.31. The molecule has 0 saturated heterocycles. The lowest BCUT2D eigenvalue weighted by molar-refractivity contribution is 0.727. The van der Waals surface area contributed by atoms with E-state index in [-0.39, 0.29) is 5.56 Å². The van der Waals surface area contributed by atoms with Gasteiger partial charge in [0.1, 0.15) is 0 Å². The van der Waals surface area contributed by atoms with Crippen molar-refractivity contribution in [2.24, 2.45) is 5.92 Å². The van der Waals surface area contributed by atoms with Gasteiger partial charge in [-0.1, -0.05) is 0 Å². The van der Waals surface area contributed by atoms with Crippen molar-refractivity contribution in [3.63, 3.8) is 0 Å². The van der Waals surface area contributed by atoms with Crippen molar-refractivity contribution in [3.05, 3.63) is 28.7 Å². The van der Waals surface area contributed by atoms with Crippen molar-refractivity contribution >= 4 is 5.69 Å². The molecule has 2 rings (SSSR count). The van der Waals surface area contributed by atoms with Crippen LogP contribution in [0.1, 0.15) is 19.8 Å². The van der Waals surface area contributed by atoms with Crippen molar-refractivity contribution in [3.8, 4) is 0 Å². The Bertz CT molecular complexity index is 366. The predicted octanol–water partition coefficient (Wildman–Crippen LogP) is 1.69. The van der Waals surface area contributed by atoms with Gasteiger partial charge >= 0.3 is 0 Å². The first-order chi connectivity index (χ1) is 6.79. The van der Waals surface area contributed by atoms with Crippen LogP contribution in [-0.4, -0.2) is 11.1 Å². The van der Waals surface area contributed by atoms with Crippen LogP contribution in [0.4, 0.5) is 5.69 Å². The van der Waals surface area contributed by atoms with Crippen LogP contribution in [-0.2, 0) is 6.54 Å². The summed E-state index contributed by atoms with van der Waals surface area (Å²) in [5.74, 6) is 0.858. The van der Waals surface area contributed by atoms with Gasteiger partial charge in [-0.05, 0) is 31.7 Å². The average molecular weight is 192 g/mol. The van der Waals surface area contributed by atoms with Crippen LogP contribution < -0.4 is 10.9 Å². The molecule has 0 atom stereocenters. The van der Waals surface area contributed by atoms with Crippen LogP contribution in [0.15, 0.2) is 23.1 Å². The Balaban J connectivity index is 2.05. The van der Waals surface area contributed by atoms with E-state index in [2.05, 4.69) is 5.32 Å². The number of rotatable bonds is 4. The Morgan fingerprint density at radius 1 is 1.50 bits per heavy atom. The molecule has 1 aromatic heterocycles. The molecule has 1 aliphatic rings. The maximum atomic E-state index is 11.3. The van der Waals surface area contributed by atoms with Crippen molar-refractivity contribution in [1.82, 2.24) is 4.57 Å². The molecule has 0 amide bonds. The highest BCUT2D eigenvalue weighted by Gasteiger charge is 2.20. The van der Waals surface area contributed by atoms with E-state index in [1.54, 1.807) is 10.6 Å². The van der Waals surface area contributed by atoms with E-state index >= 15 is 0 Å². The summed E-state index contributed by atoms with van der Waals surface area (Å²) in [6.07, 6.45) is 4.59. The molecular weight excluding hydrogens is 176 g/mol.